The molecule has 1 atom stereocenters. The maximum Gasteiger partial charge on any atom is 0.337 e. The number of aromatic nitrogens is 2. The van der Waals surface area contributed by atoms with Gasteiger partial charge in [0.25, 0.3) is 0 Å². The fraction of sp³-hybridized carbons (Fsp3) is 0.400. The average molecular weight is 287 g/mol. The summed E-state index contributed by atoms with van der Waals surface area (Å²) >= 11 is 0. The lowest BCUT2D eigenvalue weighted by molar-refractivity contribution is -0.132. The number of imidazole rings is 1. The van der Waals surface area contributed by atoms with Crippen LogP contribution in [0.3, 0.4) is 0 Å². The Hall–Kier alpha value is -2.37. The lowest BCUT2D eigenvalue weighted by Crippen LogP contribution is -2.38. The highest BCUT2D eigenvalue weighted by Crippen LogP contribution is 2.29. The van der Waals surface area contributed by atoms with Crippen molar-refractivity contribution in [1.29, 1.82) is 0 Å². The van der Waals surface area contributed by atoms with E-state index in [1.165, 1.54) is 0 Å². The van der Waals surface area contributed by atoms with Gasteiger partial charge < -0.3 is 14.6 Å². The maximum absolute atomic E-state index is 11.6. The summed E-state index contributed by atoms with van der Waals surface area (Å²) in [5.41, 5.74) is 1.55. The molecule has 0 spiro atoms. The second-order valence-corrected chi connectivity index (χ2v) is 5.47. The van der Waals surface area contributed by atoms with E-state index in [0.717, 1.165) is 17.8 Å². The molecular weight excluding hydrogens is 270 g/mol. The highest BCUT2D eigenvalue weighted by Gasteiger charge is 2.27. The zero-order valence-electron chi connectivity index (χ0n) is 12.0. The molecule has 110 valence electrons. The Balaban J connectivity index is 2.11. The zero-order valence-corrected chi connectivity index (χ0v) is 12.0. The summed E-state index contributed by atoms with van der Waals surface area (Å²) < 4.78 is 2.06. The molecular formula is C15H17N3O3. The molecule has 1 fully saturated rings. The Morgan fingerprint density at radius 3 is 2.86 bits per heavy atom. The van der Waals surface area contributed by atoms with E-state index in [1.54, 1.807) is 24.1 Å². The number of carboxylic acid groups (broad SMARTS) is 1. The molecule has 1 aliphatic heterocycles. The summed E-state index contributed by atoms with van der Waals surface area (Å²) in [7, 11) is 1.80. The molecule has 0 saturated carbocycles. The minimum atomic E-state index is -0.971. The van der Waals surface area contributed by atoms with Crippen molar-refractivity contribution < 1.29 is 14.7 Å². The van der Waals surface area contributed by atoms with Gasteiger partial charge in [-0.25, -0.2) is 9.78 Å². The van der Waals surface area contributed by atoms with Gasteiger partial charge in [-0.15, -0.1) is 0 Å². The number of likely N-dealkylation sites (tertiary alicyclic amines) is 1. The summed E-state index contributed by atoms with van der Waals surface area (Å²) in [5.74, 6) is -0.0350. The third kappa shape index (κ3) is 2.16. The molecule has 1 unspecified atom stereocenters. The Bertz CT molecular complexity index is 735. The summed E-state index contributed by atoms with van der Waals surface area (Å²) in [4.78, 5) is 29.1. The molecule has 6 heteroatoms. The van der Waals surface area contributed by atoms with Crippen LogP contribution >= 0.6 is 0 Å². The van der Waals surface area contributed by atoms with E-state index in [-0.39, 0.29) is 17.5 Å². The molecule has 1 aromatic heterocycles. The van der Waals surface area contributed by atoms with E-state index in [0.29, 0.717) is 18.5 Å². The Kier molecular flexibility index (Phi) is 3.16. The lowest BCUT2D eigenvalue weighted by Gasteiger charge is -2.31. The van der Waals surface area contributed by atoms with Crippen LogP contribution < -0.4 is 0 Å². The first-order chi connectivity index (χ1) is 9.99. The number of hydrogen-bond donors (Lipinski definition) is 1. The molecule has 2 aromatic rings. The Morgan fingerprint density at radius 2 is 2.19 bits per heavy atom. The molecule has 1 aromatic carbocycles. The van der Waals surface area contributed by atoms with E-state index >= 15 is 0 Å². The predicted molar refractivity (Wildman–Crippen MR) is 77.3 cm³/mol. The van der Waals surface area contributed by atoms with E-state index in [4.69, 9.17) is 0 Å². The number of aromatic carboxylic acids is 1. The molecule has 1 amide bonds. The van der Waals surface area contributed by atoms with Crippen LogP contribution in [0.1, 0.15) is 35.1 Å². The number of fused-ring (bicyclic) bond motifs is 1. The van der Waals surface area contributed by atoms with Crippen LogP contribution in [0, 0.1) is 6.92 Å². The van der Waals surface area contributed by atoms with Crippen molar-refractivity contribution in [2.45, 2.75) is 25.8 Å². The van der Waals surface area contributed by atoms with Gasteiger partial charge in [0.05, 0.1) is 17.1 Å². The van der Waals surface area contributed by atoms with E-state index in [9.17, 15) is 14.7 Å². The summed E-state index contributed by atoms with van der Waals surface area (Å²) in [5, 5.41) is 9.27. The summed E-state index contributed by atoms with van der Waals surface area (Å²) in [6.45, 7) is 2.50. The molecule has 3 rings (SSSR count). The van der Waals surface area contributed by atoms with Crippen molar-refractivity contribution in [3.8, 4) is 0 Å². The molecule has 6 nitrogen and oxygen atoms in total. The van der Waals surface area contributed by atoms with Crippen LogP contribution in [0.25, 0.3) is 11.0 Å². The molecule has 0 radical (unpaired) electrons. The lowest BCUT2D eigenvalue weighted by atomic mass is 10.0. The van der Waals surface area contributed by atoms with Crippen molar-refractivity contribution in [3.05, 3.63) is 29.6 Å². The van der Waals surface area contributed by atoms with Crippen molar-refractivity contribution in [2.75, 3.05) is 13.6 Å². The minimum Gasteiger partial charge on any atom is -0.478 e. The normalized spacial score (nSPS) is 19.2. The highest BCUT2D eigenvalue weighted by atomic mass is 16.4. The van der Waals surface area contributed by atoms with Gasteiger partial charge in [0.1, 0.15) is 11.3 Å². The number of carboxylic acids is 1. The highest BCUT2D eigenvalue weighted by molar-refractivity contribution is 6.01. The number of nitrogens with zero attached hydrogens (tertiary/aromatic N) is 3. The fourth-order valence-corrected chi connectivity index (χ4v) is 3.07. The van der Waals surface area contributed by atoms with Crippen molar-refractivity contribution in [2.24, 2.45) is 0 Å². The third-order valence-corrected chi connectivity index (χ3v) is 4.09. The molecule has 1 N–H and O–H groups in total. The smallest absolute Gasteiger partial charge is 0.337 e. The first-order valence-corrected chi connectivity index (χ1v) is 6.94. The van der Waals surface area contributed by atoms with Crippen LogP contribution in [0.5, 0.6) is 0 Å². The molecule has 0 bridgehead atoms. The molecule has 2 heterocycles. The minimum absolute atomic E-state index is 0.141. The van der Waals surface area contributed by atoms with Crippen molar-refractivity contribution >= 4 is 22.9 Å². The Labute approximate surface area is 122 Å². The van der Waals surface area contributed by atoms with Gasteiger partial charge in [-0.3, -0.25) is 4.79 Å². The van der Waals surface area contributed by atoms with E-state index in [1.807, 2.05) is 13.0 Å². The monoisotopic (exact) mass is 287 g/mol. The number of aryl methyl sites for hydroxylation is 1. The largest absolute Gasteiger partial charge is 0.478 e. The van der Waals surface area contributed by atoms with Gasteiger partial charge in [-0.1, -0.05) is 6.07 Å². The SMILES string of the molecule is Cc1nc2c(C(=O)O)cccc2n1C1CCC(=O)N(C)C1. The van der Waals surface area contributed by atoms with Crippen molar-refractivity contribution in [3.63, 3.8) is 0 Å². The number of amides is 1. The second kappa shape index (κ2) is 4.87. The van der Waals surface area contributed by atoms with Gasteiger partial charge in [-0.2, -0.15) is 0 Å². The fourth-order valence-electron chi connectivity index (χ4n) is 3.07. The number of carbonyl (C=O) groups excluding carboxylic acids is 1. The summed E-state index contributed by atoms with van der Waals surface area (Å²) in [6.07, 6.45) is 1.27. The van der Waals surface area contributed by atoms with Gasteiger partial charge in [0.2, 0.25) is 5.91 Å². The van der Waals surface area contributed by atoms with E-state index < -0.39 is 5.97 Å². The number of piperidine rings is 1. The number of para-hydroxylation sites is 1. The van der Waals surface area contributed by atoms with Gasteiger partial charge in [-0.05, 0) is 25.5 Å². The van der Waals surface area contributed by atoms with Crippen LogP contribution in [-0.4, -0.2) is 45.0 Å². The second-order valence-electron chi connectivity index (χ2n) is 5.47. The first-order valence-electron chi connectivity index (χ1n) is 6.94. The number of likely N-dealkylation sites (N-methyl/N-ethyl adjacent to an activating group) is 1. The quantitative estimate of drug-likeness (QED) is 0.914. The summed E-state index contributed by atoms with van der Waals surface area (Å²) in [6, 6.07) is 5.33. The van der Waals surface area contributed by atoms with Gasteiger partial charge >= 0.3 is 5.97 Å². The van der Waals surface area contributed by atoms with Crippen LogP contribution in [-0.2, 0) is 4.79 Å². The van der Waals surface area contributed by atoms with E-state index in [2.05, 4.69) is 9.55 Å². The molecule has 0 aliphatic carbocycles. The predicted octanol–water partition coefficient (Wildman–Crippen LogP) is 1.84. The topological polar surface area (TPSA) is 75.4 Å². The number of benzene rings is 1. The molecule has 21 heavy (non-hydrogen) atoms. The zero-order chi connectivity index (χ0) is 15.1. The standard InChI is InChI=1S/C15H17N3O3/c1-9-16-14-11(15(20)21)4-3-5-12(14)18(9)10-6-7-13(19)17(2)8-10/h3-5,10H,6-8H2,1-2H3,(H,20,21). The van der Waals surface area contributed by atoms with Crippen molar-refractivity contribution in [1.82, 2.24) is 14.5 Å². The van der Waals surface area contributed by atoms with Gasteiger partial charge in [0.15, 0.2) is 0 Å². The number of rotatable bonds is 2. The van der Waals surface area contributed by atoms with Crippen LogP contribution in [0.2, 0.25) is 0 Å². The first kappa shape index (κ1) is 13.6. The molecule has 1 aliphatic rings. The maximum atomic E-state index is 11.6. The Morgan fingerprint density at radius 1 is 1.43 bits per heavy atom. The van der Waals surface area contributed by atoms with Gasteiger partial charge in [0, 0.05) is 20.0 Å². The third-order valence-electron chi connectivity index (χ3n) is 4.09. The number of hydrogen-bond acceptors (Lipinski definition) is 3. The average Bonchev–Trinajstić information content (AvgIpc) is 2.77. The number of carbonyl (C=O) groups is 2. The van der Waals surface area contributed by atoms with Crippen LogP contribution in [0.4, 0.5) is 0 Å². The molecule has 1 saturated heterocycles. The van der Waals surface area contributed by atoms with Crippen LogP contribution in [0.15, 0.2) is 18.2 Å².